The van der Waals surface area contributed by atoms with Crippen LogP contribution in [0.15, 0.2) is 200 Å². The van der Waals surface area contributed by atoms with Crippen LogP contribution in [0, 0.1) is 0 Å². The van der Waals surface area contributed by atoms with Gasteiger partial charge in [-0.3, -0.25) is 4.57 Å². The highest BCUT2D eigenvalue weighted by atomic mass is 16.5. The van der Waals surface area contributed by atoms with Crippen molar-refractivity contribution in [1.29, 1.82) is 0 Å². The first-order chi connectivity index (χ1) is 32.1. The lowest BCUT2D eigenvalue weighted by Crippen LogP contribution is -2.25. The number of anilines is 4. The Morgan fingerprint density at radius 2 is 1.20 bits per heavy atom. The number of aromatic nitrogens is 2. The molecule has 2 aromatic heterocycles. The second kappa shape index (κ2) is 15.1. The standard InChI is InChI=1S/C61H50N4O/c1-60(2,3)42-34-35-62-56(36-42)65-54-29-17-25-46(40-18-8-6-9-19-40)57(54)49-31-30-45(38-55(49)65)66-44-23-16-22-43(37-44)63-39-64(53-28-15-14-27-52(53)63)59-47(41-20-10-7-11-21-41)32-33-51-58(59)48-24-12-13-26-50(48)61(51,4)5/h6-38H,39H2,1-5H3. The summed E-state index contributed by atoms with van der Waals surface area (Å²) in [7, 11) is 0. The number of para-hydroxylation sites is 2. The van der Waals surface area contributed by atoms with Gasteiger partial charge in [-0.15, -0.1) is 0 Å². The van der Waals surface area contributed by atoms with Crippen molar-refractivity contribution >= 4 is 44.6 Å². The van der Waals surface area contributed by atoms with E-state index in [1.165, 1.54) is 66.8 Å². The van der Waals surface area contributed by atoms with Crippen LogP contribution >= 0.6 is 0 Å². The number of fused-ring (bicyclic) bond motifs is 7. The molecule has 1 aliphatic carbocycles. The van der Waals surface area contributed by atoms with E-state index in [1.807, 2.05) is 6.20 Å². The molecule has 0 saturated carbocycles. The summed E-state index contributed by atoms with van der Waals surface area (Å²) in [5.41, 5.74) is 18.0. The van der Waals surface area contributed by atoms with Crippen LogP contribution in [0.4, 0.5) is 22.7 Å². The van der Waals surface area contributed by atoms with Crippen LogP contribution in [0.3, 0.4) is 0 Å². The highest BCUT2D eigenvalue weighted by molar-refractivity contribution is 6.16. The van der Waals surface area contributed by atoms with Crippen molar-refractivity contribution in [3.63, 3.8) is 0 Å². The van der Waals surface area contributed by atoms with Crippen LogP contribution in [-0.2, 0) is 10.8 Å². The maximum Gasteiger partial charge on any atom is 0.137 e. The summed E-state index contributed by atoms with van der Waals surface area (Å²) in [6.45, 7) is 12.1. The zero-order chi connectivity index (χ0) is 44.7. The van der Waals surface area contributed by atoms with Gasteiger partial charge in [0.2, 0.25) is 0 Å². The average Bonchev–Trinajstić information content (AvgIpc) is 3.97. The Morgan fingerprint density at radius 3 is 1.97 bits per heavy atom. The van der Waals surface area contributed by atoms with Gasteiger partial charge in [0.05, 0.1) is 28.1 Å². The van der Waals surface area contributed by atoms with E-state index < -0.39 is 0 Å². The zero-order valence-corrected chi connectivity index (χ0v) is 38.0. The van der Waals surface area contributed by atoms with Gasteiger partial charge in [-0.2, -0.15) is 0 Å². The molecule has 8 aromatic carbocycles. The Morgan fingerprint density at radius 1 is 0.530 bits per heavy atom. The molecule has 5 heteroatoms. The molecule has 10 aromatic rings. The average molecular weight is 855 g/mol. The lowest BCUT2D eigenvalue weighted by Gasteiger charge is -2.28. The summed E-state index contributed by atoms with van der Waals surface area (Å²) in [6.07, 6.45) is 1.94. The molecule has 0 saturated heterocycles. The largest absolute Gasteiger partial charge is 0.457 e. The minimum atomic E-state index is -0.130. The molecule has 1 aliphatic heterocycles. The summed E-state index contributed by atoms with van der Waals surface area (Å²) >= 11 is 0. The Hall–Kier alpha value is -7.89. The van der Waals surface area contributed by atoms with Gasteiger partial charge in [0.1, 0.15) is 24.0 Å². The molecule has 0 unspecified atom stereocenters. The molecule has 0 radical (unpaired) electrons. The fourth-order valence-corrected chi connectivity index (χ4v) is 10.6. The number of rotatable bonds is 7. The molecule has 66 heavy (non-hydrogen) atoms. The molecule has 3 heterocycles. The molecule has 12 rings (SSSR count). The van der Waals surface area contributed by atoms with Crippen molar-refractivity contribution in [2.24, 2.45) is 0 Å². The van der Waals surface area contributed by atoms with Gasteiger partial charge in [-0.25, -0.2) is 4.98 Å². The maximum absolute atomic E-state index is 6.89. The third-order valence-corrected chi connectivity index (χ3v) is 13.9. The van der Waals surface area contributed by atoms with E-state index in [4.69, 9.17) is 9.72 Å². The Balaban J connectivity index is 0.958. The summed E-state index contributed by atoms with van der Waals surface area (Å²) in [5.74, 6) is 2.41. The van der Waals surface area contributed by atoms with Crippen molar-refractivity contribution in [2.75, 3.05) is 16.5 Å². The predicted octanol–water partition coefficient (Wildman–Crippen LogP) is 16.2. The summed E-state index contributed by atoms with van der Waals surface area (Å²) < 4.78 is 9.19. The number of benzene rings is 8. The molecule has 0 atom stereocenters. The SMILES string of the molecule is CC(C)(C)c1ccnc(-n2c3cc(Oc4cccc(N5CN(c6c(-c7ccccc7)ccc7c6-c6ccccc6C7(C)C)c6ccccc65)c4)ccc3c3c(-c4ccccc4)cccc32)c1. The van der Waals surface area contributed by atoms with Crippen LogP contribution in [0.2, 0.25) is 0 Å². The molecule has 0 fully saturated rings. The summed E-state index contributed by atoms with van der Waals surface area (Å²) in [6, 6.07) is 69.9. The number of hydrogen-bond donors (Lipinski definition) is 0. The van der Waals surface area contributed by atoms with E-state index in [1.54, 1.807) is 0 Å². The lowest BCUT2D eigenvalue weighted by molar-refractivity contribution is 0.483. The summed E-state index contributed by atoms with van der Waals surface area (Å²) in [4.78, 5) is 9.93. The van der Waals surface area contributed by atoms with Gasteiger partial charge in [-0.05, 0) is 99.0 Å². The van der Waals surface area contributed by atoms with Gasteiger partial charge in [0.25, 0.3) is 0 Å². The quantitative estimate of drug-likeness (QED) is 0.160. The summed E-state index contributed by atoms with van der Waals surface area (Å²) in [5, 5.41) is 2.34. The maximum atomic E-state index is 6.89. The van der Waals surface area contributed by atoms with Gasteiger partial charge in [-0.1, -0.05) is 162 Å². The fourth-order valence-electron chi connectivity index (χ4n) is 10.6. The number of pyridine rings is 1. The van der Waals surface area contributed by atoms with E-state index in [9.17, 15) is 0 Å². The molecule has 0 spiro atoms. The highest BCUT2D eigenvalue weighted by Crippen LogP contribution is 2.58. The lowest BCUT2D eigenvalue weighted by atomic mass is 9.82. The molecule has 2 aliphatic rings. The highest BCUT2D eigenvalue weighted by Gasteiger charge is 2.40. The molecule has 5 nitrogen and oxygen atoms in total. The smallest absolute Gasteiger partial charge is 0.137 e. The Kier molecular flexibility index (Phi) is 9.08. The first-order valence-electron chi connectivity index (χ1n) is 23.0. The number of nitrogens with zero attached hydrogens (tertiary/aromatic N) is 4. The van der Waals surface area contributed by atoms with Crippen molar-refractivity contribution in [1.82, 2.24) is 9.55 Å². The van der Waals surface area contributed by atoms with Crippen molar-refractivity contribution in [3.8, 4) is 50.7 Å². The monoisotopic (exact) mass is 854 g/mol. The zero-order valence-electron chi connectivity index (χ0n) is 38.0. The van der Waals surface area contributed by atoms with Gasteiger partial charge in [0.15, 0.2) is 0 Å². The third kappa shape index (κ3) is 6.33. The van der Waals surface area contributed by atoms with Crippen LogP contribution in [0.5, 0.6) is 11.5 Å². The molecule has 0 N–H and O–H groups in total. The minimum absolute atomic E-state index is 0.0362. The first-order valence-corrected chi connectivity index (χ1v) is 23.0. The van der Waals surface area contributed by atoms with E-state index >= 15 is 0 Å². The third-order valence-electron chi connectivity index (χ3n) is 13.9. The van der Waals surface area contributed by atoms with Gasteiger partial charge < -0.3 is 14.5 Å². The van der Waals surface area contributed by atoms with E-state index in [2.05, 4.69) is 243 Å². The van der Waals surface area contributed by atoms with Gasteiger partial charge >= 0.3 is 0 Å². The minimum Gasteiger partial charge on any atom is -0.457 e. The Bertz CT molecular complexity index is 3510. The topological polar surface area (TPSA) is 33.5 Å². The van der Waals surface area contributed by atoms with Crippen molar-refractivity contribution < 1.29 is 4.74 Å². The van der Waals surface area contributed by atoms with Crippen LogP contribution in [-0.4, -0.2) is 16.2 Å². The van der Waals surface area contributed by atoms with Crippen molar-refractivity contribution in [3.05, 3.63) is 217 Å². The molecule has 0 amide bonds. The second-order valence-electron chi connectivity index (χ2n) is 19.2. The van der Waals surface area contributed by atoms with Crippen LogP contribution in [0.25, 0.3) is 61.0 Å². The van der Waals surface area contributed by atoms with Crippen LogP contribution in [0.1, 0.15) is 51.3 Å². The van der Waals surface area contributed by atoms with Crippen LogP contribution < -0.4 is 14.5 Å². The number of hydrogen-bond acceptors (Lipinski definition) is 4. The fraction of sp³-hybridized carbons (Fsp3) is 0.131. The predicted molar refractivity (Wildman–Crippen MR) is 274 cm³/mol. The van der Waals surface area contributed by atoms with Crippen molar-refractivity contribution in [2.45, 2.75) is 45.4 Å². The second-order valence-corrected chi connectivity index (χ2v) is 19.2. The normalized spacial score (nSPS) is 13.8. The molecule has 320 valence electrons. The molecule has 0 bridgehead atoms. The molecular weight excluding hydrogens is 805 g/mol. The first kappa shape index (κ1) is 39.7. The van der Waals surface area contributed by atoms with E-state index in [-0.39, 0.29) is 10.8 Å². The Labute approximate surface area is 386 Å². The van der Waals surface area contributed by atoms with E-state index in [0.717, 1.165) is 45.1 Å². The number of ether oxygens (including phenoxy) is 1. The van der Waals surface area contributed by atoms with Gasteiger partial charge in [0, 0.05) is 51.3 Å². The van der Waals surface area contributed by atoms with E-state index in [0.29, 0.717) is 6.67 Å². The molecular formula is C61H50N4O.